The van der Waals surface area contributed by atoms with Crippen molar-refractivity contribution >= 4 is 32.7 Å². The molecule has 2 heterocycles. The van der Waals surface area contributed by atoms with Gasteiger partial charge in [0.05, 0.1) is 0 Å². The predicted octanol–water partition coefficient (Wildman–Crippen LogP) is 12.9. The number of aromatic nitrogens is 3. The quantitative estimate of drug-likeness (QED) is 0.176. The molecule has 0 unspecified atom stereocenters. The van der Waals surface area contributed by atoms with E-state index in [1.54, 1.807) is 0 Å². The molecule has 0 saturated heterocycles. The summed E-state index contributed by atoms with van der Waals surface area (Å²) in [5.74, 6) is 1.79. The number of nitrogens with zero attached hydrogens (tertiary/aromatic N) is 3. The summed E-state index contributed by atoms with van der Waals surface area (Å²) in [4.78, 5) is 15.4. The summed E-state index contributed by atoms with van der Waals surface area (Å²) in [7, 11) is 0. The number of benzene rings is 8. The summed E-state index contributed by atoms with van der Waals surface area (Å²) in [6.45, 7) is 0. The van der Waals surface area contributed by atoms with Crippen LogP contribution in [0.5, 0.6) is 0 Å². The molecule has 0 radical (unpaired) electrons. The zero-order valence-electron chi connectivity index (χ0n) is 28.6. The molecule has 0 N–H and O–H groups in total. The van der Waals surface area contributed by atoms with Gasteiger partial charge in [-0.15, -0.1) is 0 Å². The molecule has 0 fully saturated rings. The summed E-state index contributed by atoms with van der Waals surface area (Å²) in [5, 5.41) is 4.38. The molecule has 0 spiro atoms. The number of furan rings is 1. The van der Waals surface area contributed by atoms with Crippen molar-refractivity contribution < 1.29 is 4.42 Å². The Hall–Kier alpha value is -7.17. The van der Waals surface area contributed by atoms with Gasteiger partial charge < -0.3 is 4.42 Å². The summed E-state index contributed by atoms with van der Waals surface area (Å²) in [6, 6.07) is 65.1. The molecular weight excluding hydrogens is 647 g/mol. The lowest BCUT2D eigenvalue weighted by molar-refractivity contribution is 0.673. The molecular formula is C49H31N3O. The van der Waals surface area contributed by atoms with Crippen molar-refractivity contribution in [2.75, 3.05) is 0 Å². The van der Waals surface area contributed by atoms with E-state index < -0.39 is 0 Å². The molecule has 0 aliphatic carbocycles. The molecule has 4 heteroatoms. The standard InChI is InChI=1S/C49H31N3O/c1-4-12-32(13-5-1)34-20-24-38(25-21-34)47-50-48(39-26-22-35(23-27-39)33-14-6-2-7-15-33)52-49(51-47)40-30-43(36-16-8-3-9-17-36)45-42-29-28-37-18-10-11-19-41(37)46(42)53-44(45)31-40/h1-31H. The minimum Gasteiger partial charge on any atom is -0.455 e. The maximum Gasteiger partial charge on any atom is 0.164 e. The van der Waals surface area contributed by atoms with Crippen molar-refractivity contribution in [1.29, 1.82) is 0 Å². The number of rotatable bonds is 6. The molecule has 248 valence electrons. The second-order valence-electron chi connectivity index (χ2n) is 13.2. The number of hydrogen-bond acceptors (Lipinski definition) is 4. The highest BCUT2D eigenvalue weighted by Gasteiger charge is 2.20. The fourth-order valence-corrected chi connectivity index (χ4v) is 7.26. The van der Waals surface area contributed by atoms with E-state index in [2.05, 4.69) is 170 Å². The first-order valence-electron chi connectivity index (χ1n) is 17.8. The minimum atomic E-state index is 0.577. The van der Waals surface area contributed by atoms with E-state index in [1.165, 1.54) is 0 Å². The molecule has 2 aromatic heterocycles. The Morgan fingerprint density at radius 1 is 0.321 bits per heavy atom. The smallest absolute Gasteiger partial charge is 0.164 e. The molecule has 53 heavy (non-hydrogen) atoms. The zero-order valence-corrected chi connectivity index (χ0v) is 28.6. The Bertz CT molecular complexity index is 2800. The Balaban J connectivity index is 1.17. The predicted molar refractivity (Wildman–Crippen MR) is 217 cm³/mol. The Morgan fingerprint density at radius 3 is 1.34 bits per heavy atom. The van der Waals surface area contributed by atoms with Crippen LogP contribution in [0.1, 0.15) is 0 Å². The lowest BCUT2D eigenvalue weighted by Gasteiger charge is -2.11. The third-order valence-electron chi connectivity index (χ3n) is 9.94. The first-order chi connectivity index (χ1) is 26.2. The molecule has 0 aliphatic rings. The van der Waals surface area contributed by atoms with Gasteiger partial charge >= 0.3 is 0 Å². The molecule has 10 rings (SSSR count). The third kappa shape index (κ3) is 5.63. The van der Waals surface area contributed by atoms with E-state index in [9.17, 15) is 0 Å². The highest BCUT2D eigenvalue weighted by atomic mass is 16.3. The number of fused-ring (bicyclic) bond motifs is 5. The fraction of sp³-hybridized carbons (Fsp3) is 0. The molecule has 0 saturated carbocycles. The van der Waals surface area contributed by atoms with Gasteiger partial charge in [0.2, 0.25) is 0 Å². The van der Waals surface area contributed by atoms with Gasteiger partial charge in [0.15, 0.2) is 17.5 Å². The SMILES string of the molecule is c1ccc(-c2ccc(-c3nc(-c4ccc(-c5ccccc5)cc4)nc(-c4cc(-c5ccccc5)c5c(c4)oc4c6ccccc6ccc45)n3)cc2)cc1. The molecule has 10 aromatic rings. The van der Waals surface area contributed by atoms with Gasteiger partial charge in [0.1, 0.15) is 11.2 Å². The van der Waals surface area contributed by atoms with E-state index in [0.29, 0.717) is 17.5 Å². The van der Waals surface area contributed by atoms with Crippen LogP contribution in [0.15, 0.2) is 192 Å². The monoisotopic (exact) mass is 677 g/mol. The van der Waals surface area contributed by atoms with Gasteiger partial charge in [0, 0.05) is 32.8 Å². The van der Waals surface area contributed by atoms with E-state index in [4.69, 9.17) is 19.4 Å². The topological polar surface area (TPSA) is 51.8 Å². The Morgan fingerprint density at radius 2 is 0.774 bits per heavy atom. The van der Waals surface area contributed by atoms with Gasteiger partial charge in [-0.25, -0.2) is 15.0 Å². The van der Waals surface area contributed by atoms with Crippen LogP contribution in [0, 0.1) is 0 Å². The largest absolute Gasteiger partial charge is 0.455 e. The van der Waals surface area contributed by atoms with Crippen molar-refractivity contribution in [3.63, 3.8) is 0 Å². The average Bonchev–Trinajstić information content (AvgIpc) is 3.64. The van der Waals surface area contributed by atoms with Crippen LogP contribution in [-0.4, -0.2) is 15.0 Å². The second-order valence-corrected chi connectivity index (χ2v) is 13.2. The van der Waals surface area contributed by atoms with Crippen molar-refractivity contribution in [1.82, 2.24) is 15.0 Å². The lowest BCUT2D eigenvalue weighted by Crippen LogP contribution is -2.00. The average molecular weight is 678 g/mol. The van der Waals surface area contributed by atoms with Crippen LogP contribution in [-0.2, 0) is 0 Å². The maximum atomic E-state index is 6.76. The van der Waals surface area contributed by atoms with Gasteiger partial charge in [-0.2, -0.15) is 0 Å². The molecule has 0 amide bonds. The van der Waals surface area contributed by atoms with Crippen molar-refractivity contribution in [3.8, 4) is 67.5 Å². The first-order valence-corrected chi connectivity index (χ1v) is 17.8. The maximum absolute atomic E-state index is 6.76. The Kier molecular flexibility index (Phi) is 7.43. The van der Waals surface area contributed by atoms with Gasteiger partial charge in [-0.3, -0.25) is 0 Å². The fourth-order valence-electron chi connectivity index (χ4n) is 7.26. The molecule has 0 atom stereocenters. The van der Waals surface area contributed by atoms with Crippen LogP contribution < -0.4 is 0 Å². The van der Waals surface area contributed by atoms with Crippen molar-refractivity contribution in [2.24, 2.45) is 0 Å². The van der Waals surface area contributed by atoms with E-state index >= 15 is 0 Å². The van der Waals surface area contributed by atoms with Gasteiger partial charge in [-0.1, -0.05) is 170 Å². The van der Waals surface area contributed by atoms with E-state index in [-0.39, 0.29) is 0 Å². The van der Waals surface area contributed by atoms with E-state index in [0.717, 1.165) is 82.8 Å². The van der Waals surface area contributed by atoms with Crippen molar-refractivity contribution in [2.45, 2.75) is 0 Å². The zero-order chi connectivity index (χ0) is 35.1. The van der Waals surface area contributed by atoms with E-state index in [1.807, 2.05) is 18.2 Å². The van der Waals surface area contributed by atoms with Crippen molar-refractivity contribution in [3.05, 3.63) is 188 Å². The molecule has 0 aliphatic heterocycles. The summed E-state index contributed by atoms with van der Waals surface area (Å²) in [6.07, 6.45) is 0. The lowest BCUT2D eigenvalue weighted by atomic mass is 9.96. The highest BCUT2D eigenvalue weighted by molar-refractivity contribution is 6.19. The molecule has 4 nitrogen and oxygen atoms in total. The molecule has 8 aromatic carbocycles. The van der Waals surface area contributed by atoms with Crippen LogP contribution in [0.2, 0.25) is 0 Å². The van der Waals surface area contributed by atoms with Crippen LogP contribution in [0.25, 0.3) is 100 Å². The second kappa shape index (κ2) is 12.9. The third-order valence-corrected chi connectivity index (χ3v) is 9.94. The first kappa shape index (κ1) is 30.6. The Labute approximate surface area is 306 Å². The molecule has 0 bridgehead atoms. The van der Waals surface area contributed by atoms with Gasteiger partial charge in [0.25, 0.3) is 0 Å². The number of hydrogen-bond donors (Lipinski definition) is 0. The van der Waals surface area contributed by atoms with Crippen LogP contribution in [0.4, 0.5) is 0 Å². The summed E-state index contributed by atoms with van der Waals surface area (Å²) >= 11 is 0. The normalized spacial score (nSPS) is 11.4. The summed E-state index contributed by atoms with van der Waals surface area (Å²) in [5.41, 5.74) is 11.1. The van der Waals surface area contributed by atoms with Gasteiger partial charge in [-0.05, 0) is 57.0 Å². The van der Waals surface area contributed by atoms with Crippen LogP contribution >= 0.6 is 0 Å². The summed E-state index contributed by atoms with van der Waals surface area (Å²) < 4.78 is 6.76. The highest BCUT2D eigenvalue weighted by Crippen LogP contribution is 2.42. The minimum absolute atomic E-state index is 0.577. The van der Waals surface area contributed by atoms with Crippen LogP contribution in [0.3, 0.4) is 0 Å².